The maximum absolute atomic E-state index is 12.1. The summed E-state index contributed by atoms with van der Waals surface area (Å²) in [4.78, 5) is 12.1. The van der Waals surface area contributed by atoms with Gasteiger partial charge in [-0.2, -0.15) is 0 Å². The first kappa shape index (κ1) is 13.5. The fraction of sp³-hybridized carbons (Fsp3) is 0.917. The Morgan fingerprint density at radius 1 is 1.31 bits per heavy atom. The fourth-order valence-electron chi connectivity index (χ4n) is 2.21. The number of nitrogens with one attached hydrogen (secondary N) is 1. The van der Waals surface area contributed by atoms with Crippen molar-refractivity contribution in [2.75, 3.05) is 13.2 Å². The molecule has 0 bridgehead atoms. The highest BCUT2D eigenvalue weighted by Gasteiger charge is 2.35. The molecule has 4 nitrogen and oxygen atoms in total. The minimum Gasteiger partial charge on any atom is -0.379 e. The normalized spacial score (nSPS) is 25.8. The summed E-state index contributed by atoms with van der Waals surface area (Å²) in [6.07, 6.45) is 2.86. The number of ether oxygens (including phenoxy) is 1. The van der Waals surface area contributed by atoms with Crippen molar-refractivity contribution >= 4 is 5.91 Å². The number of carbonyl (C=O) groups is 1. The van der Waals surface area contributed by atoms with Crippen LogP contribution in [-0.2, 0) is 9.53 Å². The summed E-state index contributed by atoms with van der Waals surface area (Å²) in [5.74, 6) is -0.125. The minimum absolute atomic E-state index is 0.0514. The molecule has 2 unspecified atom stereocenters. The summed E-state index contributed by atoms with van der Waals surface area (Å²) in [5.41, 5.74) is 5.77. The molecule has 1 amide bonds. The average molecular weight is 228 g/mol. The molecule has 1 aliphatic heterocycles. The van der Waals surface area contributed by atoms with Crippen molar-refractivity contribution in [1.29, 1.82) is 0 Å². The Morgan fingerprint density at radius 2 is 1.88 bits per heavy atom. The zero-order chi connectivity index (χ0) is 12.2. The van der Waals surface area contributed by atoms with Gasteiger partial charge in [0, 0.05) is 11.6 Å². The van der Waals surface area contributed by atoms with Crippen molar-refractivity contribution in [3.63, 3.8) is 0 Å². The van der Waals surface area contributed by atoms with Gasteiger partial charge in [-0.15, -0.1) is 0 Å². The van der Waals surface area contributed by atoms with Gasteiger partial charge in [0.1, 0.15) is 0 Å². The van der Waals surface area contributed by atoms with Crippen LogP contribution in [0.2, 0.25) is 0 Å². The van der Waals surface area contributed by atoms with E-state index in [1.54, 1.807) is 0 Å². The Labute approximate surface area is 97.9 Å². The summed E-state index contributed by atoms with van der Waals surface area (Å²) < 4.78 is 5.22. The molecule has 0 spiro atoms. The highest BCUT2D eigenvalue weighted by Crippen LogP contribution is 2.21. The summed E-state index contributed by atoms with van der Waals surface area (Å²) in [7, 11) is 0. The zero-order valence-corrected chi connectivity index (χ0v) is 10.6. The second kappa shape index (κ2) is 5.64. The number of hydrogen-bond donors (Lipinski definition) is 2. The van der Waals surface area contributed by atoms with E-state index < -0.39 is 0 Å². The third-order valence-corrected chi connectivity index (χ3v) is 3.88. The van der Waals surface area contributed by atoms with E-state index in [4.69, 9.17) is 10.5 Å². The average Bonchev–Trinajstić information content (AvgIpc) is 2.72. The van der Waals surface area contributed by atoms with Crippen LogP contribution in [0.4, 0.5) is 0 Å². The smallest absolute Gasteiger partial charge is 0.227 e. The SMILES string of the molecule is CCC(CC)(CC)NC(=O)C1COCC1N. The van der Waals surface area contributed by atoms with Gasteiger partial charge in [-0.3, -0.25) is 4.79 Å². The number of carbonyl (C=O) groups excluding carboxylic acids is 1. The van der Waals surface area contributed by atoms with Gasteiger partial charge < -0.3 is 15.8 Å². The molecular weight excluding hydrogens is 204 g/mol. The van der Waals surface area contributed by atoms with Gasteiger partial charge in [0.2, 0.25) is 5.91 Å². The first-order chi connectivity index (χ1) is 7.58. The van der Waals surface area contributed by atoms with Crippen LogP contribution in [0.5, 0.6) is 0 Å². The lowest BCUT2D eigenvalue weighted by Gasteiger charge is -2.33. The molecule has 4 heteroatoms. The van der Waals surface area contributed by atoms with E-state index in [0.717, 1.165) is 19.3 Å². The van der Waals surface area contributed by atoms with Gasteiger partial charge in [-0.05, 0) is 19.3 Å². The molecule has 3 N–H and O–H groups in total. The summed E-state index contributed by atoms with van der Waals surface area (Å²) in [5, 5.41) is 3.15. The summed E-state index contributed by atoms with van der Waals surface area (Å²) in [6.45, 7) is 7.28. The van der Waals surface area contributed by atoms with Crippen LogP contribution < -0.4 is 11.1 Å². The van der Waals surface area contributed by atoms with E-state index in [1.807, 2.05) is 0 Å². The zero-order valence-electron chi connectivity index (χ0n) is 10.6. The van der Waals surface area contributed by atoms with Crippen LogP contribution in [0.15, 0.2) is 0 Å². The van der Waals surface area contributed by atoms with Gasteiger partial charge in [-0.25, -0.2) is 0 Å². The Bertz CT molecular complexity index is 231. The monoisotopic (exact) mass is 228 g/mol. The van der Waals surface area contributed by atoms with Crippen LogP contribution in [-0.4, -0.2) is 30.7 Å². The first-order valence-corrected chi connectivity index (χ1v) is 6.24. The van der Waals surface area contributed by atoms with Gasteiger partial charge in [0.05, 0.1) is 19.1 Å². The van der Waals surface area contributed by atoms with E-state index in [9.17, 15) is 4.79 Å². The van der Waals surface area contributed by atoms with Crippen molar-refractivity contribution in [2.45, 2.75) is 51.6 Å². The Hall–Kier alpha value is -0.610. The molecule has 0 aromatic carbocycles. The predicted octanol–water partition coefficient (Wildman–Crippen LogP) is 1.05. The lowest BCUT2D eigenvalue weighted by Crippen LogP contribution is -2.52. The van der Waals surface area contributed by atoms with Gasteiger partial charge in [0.25, 0.3) is 0 Å². The van der Waals surface area contributed by atoms with Crippen LogP contribution in [0, 0.1) is 5.92 Å². The second-order valence-corrected chi connectivity index (χ2v) is 4.64. The molecule has 0 aromatic rings. The van der Waals surface area contributed by atoms with Crippen molar-refractivity contribution in [3.8, 4) is 0 Å². The van der Waals surface area contributed by atoms with Gasteiger partial charge in [-0.1, -0.05) is 20.8 Å². The predicted molar refractivity (Wildman–Crippen MR) is 64.0 cm³/mol. The third-order valence-electron chi connectivity index (χ3n) is 3.88. The maximum Gasteiger partial charge on any atom is 0.227 e. The molecule has 2 atom stereocenters. The lowest BCUT2D eigenvalue weighted by atomic mass is 9.88. The van der Waals surface area contributed by atoms with E-state index in [-0.39, 0.29) is 23.4 Å². The van der Waals surface area contributed by atoms with Crippen LogP contribution in [0.25, 0.3) is 0 Å². The molecule has 94 valence electrons. The number of rotatable bonds is 5. The second-order valence-electron chi connectivity index (χ2n) is 4.64. The van der Waals surface area contributed by atoms with E-state index in [1.165, 1.54) is 0 Å². The molecular formula is C12H24N2O2. The number of nitrogens with two attached hydrogens (primary N) is 1. The fourth-order valence-corrected chi connectivity index (χ4v) is 2.21. The van der Waals surface area contributed by atoms with Crippen molar-refractivity contribution in [2.24, 2.45) is 11.7 Å². The minimum atomic E-state index is -0.177. The Morgan fingerprint density at radius 3 is 2.25 bits per heavy atom. The molecule has 0 aromatic heterocycles. The lowest BCUT2D eigenvalue weighted by molar-refractivity contribution is -0.127. The van der Waals surface area contributed by atoms with Crippen LogP contribution in [0.1, 0.15) is 40.0 Å². The van der Waals surface area contributed by atoms with Gasteiger partial charge in [0.15, 0.2) is 0 Å². The molecule has 16 heavy (non-hydrogen) atoms. The number of hydrogen-bond acceptors (Lipinski definition) is 3. The van der Waals surface area contributed by atoms with Crippen molar-refractivity contribution in [3.05, 3.63) is 0 Å². The molecule has 1 saturated heterocycles. The molecule has 0 aliphatic carbocycles. The van der Waals surface area contributed by atoms with Crippen molar-refractivity contribution < 1.29 is 9.53 Å². The van der Waals surface area contributed by atoms with Gasteiger partial charge >= 0.3 is 0 Å². The van der Waals surface area contributed by atoms with E-state index in [0.29, 0.717) is 13.2 Å². The molecule has 1 heterocycles. The molecule has 0 radical (unpaired) electrons. The molecule has 1 aliphatic rings. The highest BCUT2D eigenvalue weighted by atomic mass is 16.5. The Kier molecular flexibility index (Phi) is 4.74. The first-order valence-electron chi connectivity index (χ1n) is 6.24. The third kappa shape index (κ3) is 2.74. The van der Waals surface area contributed by atoms with E-state index >= 15 is 0 Å². The van der Waals surface area contributed by atoms with Crippen molar-refractivity contribution in [1.82, 2.24) is 5.32 Å². The standard InChI is InChI=1S/C12H24N2O2/c1-4-12(5-2,6-3)14-11(15)9-7-16-8-10(9)13/h9-10H,4-8,13H2,1-3H3,(H,14,15). The largest absolute Gasteiger partial charge is 0.379 e. The molecule has 1 rings (SSSR count). The summed E-state index contributed by atoms with van der Waals surface area (Å²) in [6, 6.07) is -0.150. The quantitative estimate of drug-likeness (QED) is 0.739. The van der Waals surface area contributed by atoms with Crippen LogP contribution in [0.3, 0.4) is 0 Å². The Balaban J connectivity index is 2.61. The molecule has 0 saturated carbocycles. The topological polar surface area (TPSA) is 64.3 Å². The maximum atomic E-state index is 12.1. The van der Waals surface area contributed by atoms with Crippen LogP contribution >= 0.6 is 0 Å². The number of amides is 1. The summed E-state index contributed by atoms with van der Waals surface area (Å²) >= 11 is 0. The molecule has 1 fully saturated rings. The van der Waals surface area contributed by atoms with E-state index in [2.05, 4.69) is 26.1 Å². The highest BCUT2D eigenvalue weighted by molar-refractivity contribution is 5.80.